The predicted molar refractivity (Wildman–Crippen MR) is 112 cm³/mol. The molecule has 1 atom stereocenters. The van der Waals surface area contributed by atoms with E-state index in [9.17, 15) is 14.4 Å². The molecule has 6 heteroatoms. The van der Waals surface area contributed by atoms with Crippen LogP contribution >= 0.6 is 0 Å². The van der Waals surface area contributed by atoms with Crippen molar-refractivity contribution in [2.45, 2.75) is 34.1 Å². The Morgan fingerprint density at radius 2 is 1.79 bits per heavy atom. The molecule has 6 nitrogen and oxygen atoms in total. The van der Waals surface area contributed by atoms with Gasteiger partial charge < -0.3 is 15.0 Å². The first-order valence-electron chi connectivity index (χ1n) is 9.66. The molecule has 0 spiro atoms. The van der Waals surface area contributed by atoms with Gasteiger partial charge in [0.25, 0.3) is 5.91 Å². The number of nitrogens with one attached hydrogen (secondary N) is 1. The van der Waals surface area contributed by atoms with E-state index in [0.717, 1.165) is 27.9 Å². The average molecular weight is 394 g/mol. The van der Waals surface area contributed by atoms with Crippen molar-refractivity contribution in [3.05, 3.63) is 58.7 Å². The van der Waals surface area contributed by atoms with Crippen molar-refractivity contribution in [1.29, 1.82) is 0 Å². The first-order valence-corrected chi connectivity index (χ1v) is 9.66. The molecule has 29 heavy (non-hydrogen) atoms. The van der Waals surface area contributed by atoms with Gasteiger partial charge in [-0.2, -0.15) is 0 Å². The van der Waals surface area contributed by atoms with Gasteiger partial charge in [-0.25, -0.2) is 0 Å². The summed E-state index contributed by atoms with van der Waals surface area (Å²) in [4.78, 5) is 38.6. The molecule has 3 rings (SSSR count). The number of benzene rings is 2. The molecule has 0 saturated carbocycles. The first kappa shape index (κ1) is 20.6. The summed E-state index contributed by atoms with van der Waals surface area (Å²) in [5.41, 5.74) is 5.66. The summed E-state index contributed by atoms with van der Waals surface area (Å²) in [6.45, 7) is 7.73. The van der Waals surface area contributed by atoms with E-state index >= 15 is 0 Å². The monoisotopic (exact) mass is 394 g/mol. The van der Waals surface area contributed by atoms with Crippen molar-refractivity contribution in [2.24, 2.45) is 5.92 Å². The van der Waals surface area contributed by atoms with Crippen LogP contribution < -0.4 is 10.2 Å². The maximum Gasteiger partial charge on any atom is 0.311 e. The Kier molecular flexibility index (Phi) is 6.01. The Balaban J connectivity index is 1.56. The Bertz CT molecular complexity index is 947. The molecular weight excluding hydrogens is 368 g/mol. The minimum Gasteiger partial charge on any atom is -0.455 e. The Labute approximate surface area is 170 Å². The summed E-state index contributed by atoms with van der Waals surface area (Å²) in [6.07, 6.45) is 0.0882. The molecule has 0 aromatic heterocycles. The molecule has 1 N–H and O–H groups in total. The summed E-state index contributed by atoms with van der Waals surface area (Å²) in [5, 5.41) is 2.73. The number of carbonyl (C=O) groups excluding carboxylic acids is 3. The van der Waals surface area contributed by atoms with Gasteiger partial charge in [-0.1, -0.05) is 18.2 Å². The molecule has 2 amide bonds. The van der Waals surface area contributed by atoms with Crippen LogP contribution in [-0.4, -0.2) is 30.9 Å². The molecular formula is C23H26N2O4. The Hall–Kier alpha value is -3.15. The molecule has 0 aliphatic carbocycles. The second-order valence-electron chi connectivity index (χ2n) is 7.66. The third-order valence-electron chi connectivity index (χ3n) is 5.18. The zero-order valence-corrected chi connectivity index (χ0v) is 17.2. The van der Waals surface area contributed by atoms with Crippen LogP contribution in [0, 0.1) is 33.6 Å². The number of amides is 2. The highest BCUT2D eigenvalue weighted by atomic mass is 16.5. The van der Waals surface area contributed by atoms with Crippen LogP contribution in [0.3, 0.4) is 0 Å². The van der Waals surface area contributed by atoms with Crippen molar-refractivity contribution < 1.29 is 19.1 Å². The van der Waals surface area contributed by atoms with Crippen molar-refractivity contribution in [3.63, 3.8) is 0 Å². The number of esters is 1. The molecule has 1 fully saturated rings. The molecule has 0 unspecified atom stereocenters. The Morgan fingerprint density at radius 3 is 2.48 bits per heavy atom. The molecule has 0 bridgehead atoms. The van der Waals surface area contributed by atoms with Gasteiger partial charge >= 0.3 is 5.97 Å². The first-order chi connectivity index (χ1) is 13.7. The van der Waals surface area contributed by atoms with Crippen molar-refractivity contribution in [3.8, 4) is 0 Å². The van der Waals surface area contributed by atoms with Gasteiger partial charge in [0.05, 0.1) is 5.92 Å². The van der Waals surface area contributed by atoms with E-state index in [2.05, 4.69) is 5.32 Å². The van der Waals surface area contributed by atoms with Crippen LogP contribution in [-0.2, 0) is 19.1 Å². The van der Waals surface area contributed by atoms with E-state index in [4.69, 9.17) is 4.74 Å². The lowest BCUT2D eigenvalue weighted by Crippen LogP contribution is -2.28. The number of carbonyl (C=O) groups is 3. The van der Waals surface area contributed by atoms with E-state index in [1.807, 2.05) is 64.1 Å². The third kappa shape index (κ3) is 4.83. The highest BCUT2D eigenvalue weighted by molar-refractivity contribution is 6.00. The van der Waals surface area contributed by atoms with Gasteiger partial charge in [0, 0.05) is 24.3 Å². The van der Waals surface area contributed by atoms with Crippen molar-refractivity contribution >= 4 is 29.2 Å². The summed E-state index contributed by atoms with van der Waals surface area (Å²) >= 11 is 0. The van der Waals surface area contributed by atoms with Crippen LogP contribution in [0.15, 0.2) is 36.4 Å². The largest absolute Gasteiger partial charge is 0.455 e. The fourth-order valence-electron chi connectivity index (χ4n) is 3.62. The lowest BCUT2D eigenvalue weighted by atomic mass is 10.1. The van der Waals surface area contributed by atoms with Gasteiger partial charge in [-0.05, 0) is 68.1 Å². The molecule has 1 heterocycles. The smallest absolute Gasteiger partial charge is 0.311 e. The van der Waals surface area contributed by atoms with Gasteiger partial charge in [-0.15, -0.1) is 0 Å². The maximum absolute atomic E-state index is 12.4. The molecule has 152 valence electrons. The number of rotatable bonds is 5. The van der Waals surface area contributed by atoms with Crippen LogP contribution in [0.2, 0.25) is 0 Å². The van der Waals surface area contributed by atoms with E-state index in [1.54, 1.807) is 4.90 Å². The average Bonchev–Trinajstić information content (AvgIpc) is 3.03. The lowest BCUT2D eigenvalue weighted by molar-refractivity contribution is -0.151. The second kappa shape index (κ2) is 8.47. The molecule has 1 aliphatic heterocycles. The summed E-state index contributed by atoms with van der Waals surface area (Å²) < 4.78 is 5.18. The SMILES string of the molecule is Cc1cc(C)cc(NC(=O)COC(=O)[C@@H]2CC(=O)N(c3cccc(C)c3C)C2)c1. The predicted octanol–water partition coefficient (Wildman–Crippen LogP) is 3.46. The zero-order valence-electron chi connectivity index (χ0n) is 17.2. The molecule has 2 aromatic rings. The molecule has 2 aromatic carbocycles. The topological polar surface area (TPSA) is 75.7 Å². The number of aryl methyl sites for hydroxylation is 3. The molecule has 1 saturated heterocycles. The summed E-state index contributed by atoms with van der Waals surface area (Å²) in [7, 11) is 0. The summed E-state index contributed by atoms with van der Waals surface area (Å²) in [5.74, 6) is -1.61. The highest BCUT2D eigenvalue weighted by Crippen LogP contribution is 2.29. The van der Waals surface area contributed by atoms with Gasteiger partial charge in [0.2, 0.25) is 5.91 Å². The molecule has 1 aliphatic rings. The summed E-state index contributed by atoms with van der Waals surface area (Å²) in [6, 6.07) is 11.5. The van der Waals surface area contributed by atoms with Crippen LogP contribution in [0.1, 0.15) is 28.7 Å². The van der Waals surface area contributed by atoms with Crippen LogP contribution in [0.5, 0.6) is 0 Å². The normalized spacial score (nSPS) is 16.1. The molecule has 0 radical (unpaired) electrons. The van der Waals surface area contributed by atoms with E-state index in [-0.39, 0.29) is 25.5 Å². The number of hydrogen-bond donors (Lipinski definition) is 1. The van der Waals surface area contributed by atoms with E-state index in [0.29, 0.717) is 5.69 Å². The highest BCUT2D eigenvalue weighted by Gasteiger charge is 2.37. The van der Waals surface area contributed by atoms with E-state index < -0.39 is 17.8 Å². The maximum atomic E-state index is 12.4. The third-order valence-corrected chi connectivity index (χ3v) is 5.18. The quantitative estimate of drug-likeness (QED) is 0.788. The van der Waals surface area contributed by atoms with Crippen LogP contribution in [0.25, 0.3) is 0 Å². The minimum absolute atomic E-state index is 0.0882. The van der Waals surface area contributed by atoms with Gasteiger partial charge in [-0.3, -0.25) is 14.4 Å². The van der Waals surface area contributed by atoms with Gasteiger partial charge in [0.1, 0.15) is 0 Å². The zero-order chi connectivity index (χ0) is 21.1. The standard InChI is InChI=1S/C23H26N2O4/c1-14-8-15(2)10-19(9-14)24-21(26)13-29-23(28)18-11-22(27)25(12-18)20-7-5-6-16(3)17(20)4/h5-10,18H,11-13H2,1-4H3,(H,24,26)/t18-/m1/s1. The second-order valence-corrected chi connectivity index (χ2v) is 7.66. The fraction of sp³-hybridized carbons (Fsp3) is 0.348. The number of hydrogen-bond acceptors (Lipinski definition) is 4. The van der Waals surface area contributed by atoms with E-state index in [1.165, 1.54) is 0 Å². The number of anilines is 2. The fourth-order valence-corrected chi connectivity index (χ4v) is 3.62. The number of nitrogens with zero attached hydrogens (tertiary/aromatic N) is 1. The minimum atomic E-state index is -0.573. The van der Waals surface area contributed by atoms with Crippen LogP contribution in [0.4, 0.5) is 11.4 Å². The number of ether oxygens (including phenoxy) is 1. The van der Waals surface area contributed by atoms with Crippen molar-refractivity contribution in [1.82, 2.24) is 0 Å². The van der Waals surface area contributed by atoms with Crippen molar-refractivity contribution in [2.75, 3.05) is 23.4 Å². The lowest BCUT2D eigenvalue weighted by Gasteiger charge is -2.20. The van der Waals surface area contributed by atoms with Gasteiger partial charge in [0.15, 0.2) is 6.61 Å². The Morgan fingerprint density at radius 1 is 1.10 bits per heavy atom.